The van der Waals surface area contributed by atoms with Gasteiger partial charge in [-0.25, -0.2) is 4.99 Å². The summed E-state index contributed by atoms with van der Waals surface area (Å²) in [4.78, 5) is 25.5. The van der Waals surface area contributed by atoms with Gasteiger partial charge in [-0.1, -0.05) is 20.3 Å². The zero-order valence-corrected chi connectivity index (χ0v) is 10.5. The number of nitrogens with zero attached hydrogens (tertiary/aromatic N) is 1. The third-order valence-electron chi connectivity index (χ3n) is 2.20. The van der Waals surface area contributed by atoms with E-state index in [1.165, 1.54) is 0 Å². The quantitative estimate of drug-likeness (QED) is 0.369. The number of hydrogen-bond donors (Lipinski definition) is 1. The minimum absolute atomic E-state index is 0. The third kappa shape index (κ3) is 2.80. The van der Waals surface area contributed by atoms with Gasteiger partial charge in [0.25, 0.3) is 5.91 Å². The summed E-state index contributed by atoms with van der Waals surface area (Å²) in [6, 6.07) is -0.852. The Bertz CT molecular complexity index is 278. The van der Waals surface area contributed by atoms with Crippen LogP contribution in [0.1, 0.15) is 20.3 Å². The number of nitrogens with one attached hydrogen (secondary N) is 1. The van der Waals surface area contributed by atoms with Gasteiger partial charge in [0.2, 0.25) is 5.91 Å². The SMILES string of the molecule is CCC(C)C1C(=O)N=C([O-])NC1=O.[Na+]. The van der Waals surface area contributed by atoms with E-state index in [-0.39, 0.29) is 35.5 Å². The molecule has 1 aliphatic rings. The van der Waals surface area contributed by atoms with E-state index < -0.39 is 23.8 Å². The van der Waals surface area contributed by atoms with Gasteiger partial charge in [0, 0.05) is 0 Å². The summed E-state index contributed by atoms with van der Waals surface area (Å²) >= 11 is 0. The molecule has 1 aliphatic heterocycles. The van der Waals surface area contributed by atoms with Crippen molar-refractivity contribution in [2.45, 2.75) is 20.3 Å². The van der Waals surface area contributed by atoms with Gasteiger partial charge < -0.3 is 10.4 Å². The first kappa shape index (κ1) is 13.6. The van der Waals surface area contributed by atoms with Crippen molar-refractivity contribution < 1.29 is 44.3 Å². The second-order valence-electron chi connectivity index (χ2n) is 3.11. The van der Waals surface area contributed by atoms with Crippen LogP contribution in [0.3, 0.4) is 0 Å². The van der Waals surface area contributed by atoms with Gasteiger partial charge in [-0.2, -0.15) is 0 Å². The predicted molar refractivity (Wildman–Crippen MR) is 43.5 cm³/mol. The molecule has 1 N–H and O–H groups in total. The fourth-order valence-electron chi connectivity index (χ4n) is 1.23. The van der Waals surface area contributed by atoms with Crippen molar-refractivity contribution in [1.29, 1.82) is 0 Å². The van der Waals surface area contributed by atoms with Crippen molar-refractivity contribution in [2.75, 3.05) is 0 Å². The smallest absolute Gasteiger partial charge is 0.846 e. The van der Waals surface area contributed by atoms with Crippen molar-refractivity contribution in [2.24, 2.45) is 16.8 Å². The molecule has 2 atom stereocenters. The Morgan fingerprint density at radius 1 is 1.57 bits per heavy atom. The Morgan fingerprint density at radius 2 is 2.14 bits per heavy atom. The average Bonchev–Trinajstić information content (AvgIpc) is 2.02. The van der Waals surface area contributed by atoms with Gasteiger partial charge in [-0.15, -0.1) is 0 Å². The maximum atomic E-state index is 11.2. The molecule has 0 bridgehead atoms. The van der Waals surface area contributed by atoms with Gasteiger partial charge in [-0.05, 0) is 5.92 Å². The van der Waals surface area contributed by atoms with Crippen LogP contribution >= 0.6 is 0 Å². The number of amides is 2. The Labute approximate surface area is 104 Å². The second-order valence-corrected chi connectivity index (χ2v) is 3.11. The molecule has 0 aromatic rings. The molecule has 0 saturated carbocycles. The molecule has 0 radical (unpaired) electrons. The van der Waals surface area contributed by atoms with Gasteiger partial charge in [0.15, 0.2) is 0 Å². The van der Waals surface area contributed by atoms with E-state index in [2.05, 4.69) is 4.99 Å². The minimum Gasteiger partial charge on any atom is -0.846 e. The number of rotatable bonds is 2. The molecule has 2 unspecified atom stereocenters. The largest absolute Gasteiger partial charge is 1.00 e. The maximum absolute atomic E-state index is 11.2. The first-order valence-corrected chi connectivity index (χ1v) is 4.16. The molecule has 72 valence electrons. The molecule has 6 heteroatoms. The molecule has 0 saturated heterocycles. The predicted octanol–water partition coefficient (Wildman–Crippen LogP) is -3.97. The van der Waals surface area contributed by atoms with Crippen LogP contribution in [-0.4, -0.2) is 17.8 Å². The average molecular weight is 206 g/mol. The van der Waals surface area contributed by atoms with E-state index in [1.54, 1.807) is 6.92 Å². The van der Waals surface area contributed by atoms with E-state index >= 15 is 0 Å². The molecule has 1 rings (SSSR count). The second kappa shape index (κ2) is 5.48. The normalized spacial score (nSPS) is 23.3. The fraction of sp³-hybridized carbons (Fsp3) is 0.625. The number of aliphatic imine (C=N–C) groups is 1. The Morgan fingerprint density at radius 3 is 2.57 bits per heavy atom. The van der Waals surface area contributed by atoms with Crippen LogP contribution in [-0.2, 0) is 9.59 Å². The molecule has 1 heterocycles. The van der Waals surface area contributed by atoms with Crippen LogP contribution in [0, 0.1) is 11.8 Å². The van der Waals surface area contributed by atoms with E-state index in [4.69, 9.17) is 0 Å². The third-order valence-corrected chi connectivity index (χ3v) is 2.20. The monoisotopic (exact) mass is 206 g/mol. The van der Waals surface area contributed by atoms with E-state index in [1.807, 2.05) is 12.2 Å². The number of hydrogen-bond acceptors (Lipinski definition) is 3. The molecule has 0 aliphatic carbocycles. The summed E-state index contributed by atoms with van der Waals surface area (Å²) < 4.78 is 0. The van der Waals surface area contributed by atoms with E-state index in [0.717, 1.165) is 0 Å². The summed E-state index contributed by atoms with van der Waals surface area (Å²) in [5.74, 6) is -2.02. The van der Waals surface area contributed by atoms with Gasteiger partial charge in [0.05, 0.1) is 6.02 Å². The Balaban J connectivity index is 0.00000169. The molecule has 5 nitrogen and oxygen atoms in total. The van der Waals surface area contributed by atoms with E-state index in [0.29, 0.717) is 6.42 Å². The summed E-state index contributed by atoms with van der Waals surface area (Å²) in [5.41, 5.74) is 0. The molecule has 0 spiro atoms. The summed E-state index contributed by atoms with van der Waals surface area (Å²) in [6.45, 7) is 3.66. The topological polar surface area (TPSA) is 81.6 Å². The minimum atomic E-state index is -0.852. The van der Waals surface area contributed by atoms with Gasteiger partial charge >= 0.3 is 29.6 Å². The zero-order chi connectivity index (χ0) is 10.0. The van der Waals surface area contributed by atoms with Crippen molar-refractivity contribution in [3.05, 3.63) is 0 Å². The summed E-state index contributed by atoms with van der Waals surface area (Å²) in [6.07, 6.45) is 0.702. The first-order chi connectivity index (χ1) is 6.06. The van der Waals surface area contributed by atoms with E-state index in [9.17, 15) is 14.7 Å². The molecule has 2 amide bonds. The maximum Gasteiger partial charge on any atom is 1.00 e. The number of carbonyl (C=O) groups excluding carboxylic acids is 2. The van der Waals surface area contributed by atoms with Crippen molar-refractivity contribution in [3.63, 3.8) is 0 Å². The zero-order valence-electron chi connectivity index (χ0n) is 8.53. The van der Waals surface area contributed by atoms with Gasteiger partial charge in [0.1, 0.15) is 5.92 Å². The summed E-state index contributed by atoms with van der Waals surface area (Å²) in [7, 11) is 0. The first-order valence-electron chi connectivity index (χ1n) is 4.16. The number of carbonyl (C=O) groups is 2. The molecule has 0 aromatic carbocycles. The van der Waals surface area contributed by atoms with Crippen LogP contribution in [0.25, 0.3) is 0 Å². The van der Waals surface area contributed by atoms with Crippen molar-refractivity contribution in [3.8, 4) is 0 Å². The molecular formula is C8H11N2NaO3. The Kier molecular flexibility index (Phi) is 5.33. The number of amidine groups is 1. The molecular weight excluding hydrogens is 195 g/mol. The van der Waals surface area contributed by atoms with Crippen LogP contribution in [0.15, 0.2) is 4.99 Å². The van der Waals surface area contributed by atoms with Crippen molar-refractivity contribution in [1.82, 2.24) is 5.32 Å². The van der Waals surface area contributed by atoms with Crippen LogP contribution < -0.4 is 40.0 Å². The molecule has 14 heavy (non-hydrogen) atoms. The summed E-state index contributed by atoms with van der Waals surface area (Å²) in [5, 5.41) is 12.6. The Hall–Kier alpha value is -0.390. The van der Waals surface area contributed by atoms with Crippen LogP contribution in [0.2, 0.25) is 0 Å². The van der Waals surface area contributed by atoms with Gasteiger partial charge in [-0.3, -0.25) is 9.59 Å². The van der Waals surface area contributed by atoms with Crippen LogP contribution in [0.5, 0.6) is 0 Å². The molecule has 0 aromatic heterocycles. The van der Waals surface area contributed by atoms with Crippen molar-refractivity contribution >= 4 is 17.8 Å². The standard InChI is InChI=1S/C8H12N2O3.Na/c1-3-4(2)5-6(11)9-8(13)10-7(5)12;/h4-5H,3H2,1-2H3,(H2,9,10,11,12,13);/q;+1/p-1. The molecule has 0 fully saturated rings. The van der Waals surface area contributed by atoms with Crippen LogP contribution in [0.4, 0.5) is 0 Å². The fourth-order valence-corrected chi connectivity index (χ4v) is 1.23.